The molecule has 6 heteroatoms. The summed E-state index contributed by atoms with van der Waals surface area (Å²) in [5.41, 5.74) is 3.52. The van der Waals surface area contributed by atoms with Crippen molar-refractivity contribution >= 4 is 17.0 Å². The van der Waals surface area contributed by atoms with Crippen molar-refractivity contribution in [3.05, 3.63) is 70.2 Å². The molecule has 0 saturated carbocycles. The van der Waals surface area contributed by atoms with Gasteiger partial charge in [0.15, 0.2) is 0 Å². The Morgan fingerprint density at radius 3 is 2.43 bits per heavy atom. The zero-order valence-electron chi connectivity index (χ0n) is 16.0. The summed E-state index contributed by atoms with van der Waals surface area (Å²) in [6.07, 6.45) is 0. The molecular weight excluding hydrogens is 370 g/mol. The predicted molar refractivity (Wildman–Crippen MR) is 113 cm³/mol. The number of anilines is 1. The molecule has 0 bridgehead atoms. The zero-order chi connectivity index (χ0) is 19.3. The van der Waals surface area contributed by atoms with E-state index in [4.69, 9.17) is 9.72 Å². The van der Waals surface area contributed by atoms with Crippen molar-refractivity contribution in [2.75, 3.05) is 31.1 Å². The Hall–Kier alpha value is -2.57. The maximum absolute atomic E-state index is 9.44. The lowest BCUT2D eigenvalue weighted by atomic mass is 10.2. The number of thiazole rings is 1. The molecule has 0 spiro atoms. The fourth-order valence-corrected chi connectivity index (χ4v) is 4.02. The number of phenolic OH excluding ortho intramolecular Hbond substituents is 1. The lowest BCUT2D eigenvalue weighted by molar-refractivity contribution is 0.246. The van der Waals surface area contributed by atoms with E-state index in [2.05, 4.69) is 34.2 Å². The number of rotatable bonds is 6. The van der Waals surface area contributed by atoms with Crippen LogP contribution in [0.3, 0.4) is 0 Å². The minimum absolute atomic E-state index is 0.313. The highest BCUT2D eigenvalue weighted by Gasteiger charge is 2.18. The molecule has 146 valence electrons. The number of hydrogen-bond acceptors (Lipinski definition) is 6. The van der Waals surface area contributed by atoms with Gasteiger partial charge in [0.25, 0.3) is 0 Å². The maximum atomic E-state index is 9.44. The average molecular weight is 396 g/mol. The largest absolute Gasteiger partial charge is 0.508 e. The summed E-state index contributed by atoms with van der Waals surface area (Å²) in [5.74, 6) is 1.20. The van der Waals surface area contributed by atoms with Gasteiger partial charge in [-0.1, -0.05) is 17.7 Å². The summed E-state index contributed by atoms with van der Waals surface area (Å²) in [6.45, 7) is 7.45. The molecule has 0 aliphatic carbocycles. The minimum atomic E-state index is 0.313. The molecule has 5 nitrogen and oxygen atoms in total. The van der Waals surface area contributed by atoms with Gasteiger partial charge in [0.1, 0.15) is 23.1 Å². The summed E-state index contributed by atoms with van der Waals surface area (Å²) >= 11 is 1.66. The van der Waals surface area contributed by atoms with E-state index in [0.29, 0.717) is 12.4 Å². The first kappa shape index (κ1) is 18.8. The van der Waals surface area contributed by atoms with Crippen molar-refractivity contribution in [2.45, 2.75) is 20.1 Å². The number of hydrogen-bond donors (Lipinski definition) is 1. The highest BCUT2D eigenvalue weighted by Crippen LogP contribution is 2.21. The average Bonchev–Trinajstić information content (AvgIpc) is 3.16. The van der Waals surface area contributed by atoms with Gasteiger partial charge in [-0.25, -0.2) is 4.98 Å². The highest BCUT2D eigenvalue weighted by molar-refractivity contribution is 7.09. The molecular formula is C22H25N3O2S. The van der Waals surface area contributed by atoms with Crippen LogP contribution in [0.15, 0.2) is 53.9 Å². The summed E-state index contributed by atoms with van der Waals surface area (Å²) < 4.78 is 5.83. The second-order valence-corrected chi connectivity index (χ2v) is 8.06. The molecule has 2 heterocycles. The molecule has 1 N–H and O–H groups in total. The Labute approximate surface area is 169 Å². The van der Waals surface area contributed by atoms with Gasteiger partial charge in [0.2, 0.25) is 0 Å². The van der Waals surface area contributed by atoms with E-state index < -0.39 is 0 Å². The molecule has 4 rings (SSSR count). The summed E-state index contributed by atoms with van der Waals surface area (Å²) in [4.78, 5) is 9.53. The Morgan fingerprint density at radius 1 is 1.00 bits per heavy atom. The number of aryl methyl sites for hydroxylation is 1. The van der Waals surface area contributed by atoms with Gasteiger partial charge in [-0.2, -0.15) is 0 Å². The first-order valence-electron chi connectivity index (χ1n) is 9.55. The first-order valence-corrected chi connectivity index (χ1v) is 10.4. The Kier molecular flexibility index (Phi) is 5.78. The number of benzene rings is 2. The fourth-order valence-electron chi connectivity index (χ4n) is 3.32. The molecule has 0 amide bonds. The van der Waals surface area contributed by atoms with Gasteiger partial charge in [-0.3, -0.25) is 4.90 Å². The monoisotopic (exact) mass is 395 g/mol. The Balaban J connectivity index is 1.25. The quantitative estimate of drug-likeness (QED) is 0.682. The molecule has 1 aliphatic rings. The standard InChI is InChI=1S/C22H25N3O2S/c1-17-2-8-21(9-3-17)27-15-22-23-18(16-28-22)14-24-10-12-25(13-11-24)19-4-6-20(26)7-5-19/h2-9,16,26H,10-15H2,1H3. The highest BCUT2D eigenvalue weighted by atomic mass is 32.1. The van der Waals surface area contributed by atoms with Crippen LogP contribution in [0.5, 0.6) is 11.5 Å². The van der Waals surface area contributed by atoms with Gasteiger partial charge < -0.3 is 14.7 Å². The molecule has 3 aromatic rings. The molecule has 1 aromatic heterocycles. The van der Waals surface area contributed by atoms with Crippen molar-refractivity contribution in [3.8, 4) is 11.5 Å². The third kappa shape index (κ3) is 4.82. The fraction of sp³-hybridized carbons (Fsp3) is 0.318. The van der Waals surface area contributed by atoms with Crippen LogP contribution in [0.4, 0.5) is 5.69 Å². The van der Waals surface area contributed by atoms with Gasteiger partial charge in [-0.15, -0.1) is 11.3 Å². The zero-order valence-corrected chi connectivity index (χ0v) is 16.9. The SMILES string of the molecule is Cc1ccc(OCc2nc(CN3CCN(c4ccc(O)cc4)CC3)cs2)cc1. The molecule has 0 unspecified atom stereocenters. The predicted octanol–water partition coefficient (Wildman–Crippen LogP) is 4.06. The lowest BCUT2D eigenvalue weighted by Crippen LogP contribution is -2.46. The van der Waals surface area contributed by atoms with Crippen LogP contribution >= 0.6 is 11.3 Å². The third-order valence-corrected chi connectivity index (χ3v) is 5.83. The number of piperazine rings is 1. The van der Waals surface area contributed by atoms with Crippen molar-refractivity contribution in [1.29, 1.82) is 0 Å². The smallest absolute Gasteiger partial charge is 0.140 e. The van der Waals surface area contributed by atoms with Crippen LogP contribution in [0, 0.1) is 6.92 Å². The van der Waals surface area contributed by atoms with E-state index in [1.807, 2.05) is 24.3 Å². The third-order valence-electron chi connectivity index (χ3n) is 4.96. The molecule has 2 aromatic carbocycles. The van der Waals surface area contributed by atoms with Gasteiger partial charge in [-0.05, 0) is 43.3 Å². The van der Waals surface area contributed by atoms with E-state index in [1.54, 1.807) is 23.5 Å². The molecule has 1 fully saturated rings. The molecule has 0 radical (unpaired) electrons. The second-order valence-electron chi connectivity index (χ2n) is 7.11. The van der Waals surface area contributed by atoms with E-state index >= 15 is 0 Å². The van der Waals surface area contributed by atoms with Crippen LogP contribution in [0.2, 0.25) is 0 Å². The van der Waals surface area contributed by atoms with E-state index in [1.165, 1.54) is 11.3 Å². The van der Waals surface area contributed by atoms with Crippen LogP contribution < -0.4 is 9.64 Å². The van der Waals surface area contributed by atoms with Gasteiger partial charge >= 0.3 is 0 Å². The van der Waals surface area contributed by atoms with Crippen molar-refractivity contribution in [2.24, 2.45) is 0 Å². The van der Waals surface area contributed by atoms with E-state index in [9.17, 15) is 5.11 Å². The second kappa shape index (κ2) is 8.63. The summed E-state index contributed by atoms with van der Waals surface area (Å²) in [5, 5.41) is 12.6. The number of aromatic nitrogens is 1. The van der Waals surface area contributed by atoms with Crippen LogP contribution in [0.25, 0.3) is 0 Å². The van der Waals surface area contributed by atoms with Crippen molar-refractivity contribution in [1.82, 2.24) is 9.88 Å². The number of ether oxygens (including phenoxy) is 1. The first-order chi connectivity index (χ1) is 13.7. The van der Waals surface area contributed by atoms with Crippen LogP contribution in [-0.2, 0) is 13.2 Å². The van der Waals surface area contributed by atoms with E-state index in [-0.39, 0.29) is 0 Å². The van der Waals surface area contributed by atoms with Crippen molar-refractivity contribution in [3.63, 3.8) is 0 Å². The topological polar surface area (TPSA) is 48.8 Å². The summed E-state index contributed by atoms with van der Waals surface area (Å²) in [7, 11) is 0. The Morgan fingerprint density at radius 2 is 1.71 bits per heavy atom. The molecule has 28 heavy (non-hydrogen) atoms. The van der Waals surface area contributed by atoms with Crippen LogP contribution in [-0.4, -0.2) is 41.2 Å². The maximum Gasteiger partial charge on any atom is 0.140 e. The molecule has 1 saturated heterocycles. The number of phenols is 1. The van der Waals surface area contributed by atoms with E-state index in [0.717, 1.165) is 49.2 Å². The minimum Gasteiger partial charge on any atom is -0.508 e. The van der Waals surface area contributed by atoms with Gasteiger partial charge in [0, 0.05) is 43.8 Å². The summed E-state index contributed by atoms with van der Waals surface area (Å²) in [6, 6.07) is 15.6. The van der Waals surface area contributed by atoms with Crippen LogP contribution in [0.1, 0.15) is 16.3 Å². The van der Waals surface area contributed by atoms with Gasteiger partial charge in [0.05, 0.1) is 5.69 Å². The van der Waals surface area contributed by atoms with Crippen molar-refractivity contribution < 1.29 is 9.84 Å². The number of aromatic hydroxyl groups is 1. The lowest BCUT2D eigenvalue weighted by Gasteiger charge is -2.35. The molecule has 0 atom stereocenters. The molecule has 1 aliphatic heterocycles. The number of nitrogens with zero attached hydrogens (tertiary/aromatic N) is 3. The normalized spacial score (nSPS) is 15.0. The Bertz CT molecular complexity index is 885.